The summed E-state index contributed by atoms with van der Waals surface area (Å²) in [6.45, 7) is 0. The smallest absolute Gasteiger partial charge is 0.189 e. The molecule has 1 heterocycles. The maximum Gasteiger partial charge on any atom is 0.189 e. The van der Waals surface area contributed by atoms with Crippen molar-refractivity contribution in [3.05, 3.63) is 138 Å². The minimum Gasteiger partial charge on any atom is -0.491 e. The van der Waals surface area contributed by atoms with Crippen LogP contribution in [-0.2, 0) is 6.42 Å². The fraction of sp³-hybridized carbons (Fsp3) is 0.0541. The highest BCUT2D eigenvalue weighted by molar-refractivity contribution is 6.17. The second-order valence-electron chi connectivity index (χ2n) is 10.6. The SMILES string of the molecule is COc1c(N(N)/N=C2/C=C(c3cc4ccccc4c4ccccc34)c3ccccc3C2)ccc2c1oc1ccccc12. The van der Waals surface area contributed by atoms with Crippen LogP contribution in [0, 0.1) is 0 Å². The van der Waals surface area contributed by atoms with Crippen molar-refractivity contribution in [1.82, 2.24) is 0 Å². The Balaban J connectivity index is 1.29. The zero-order valence-electron chi connectivity index (χ0n) is 23.0. The maximum absolute atomic E-state index is 6.65. The minimum absolute atomic E-state index is 0.552. The summed E-state index contributed by atoms with van der Waals surface area (Å²) in [4.78, 5) is 0. The number of hydrazine groups is 1. The molecule has 5 nitrogen and oxygen atoms in total. The van der Waals surface area contributed by atoms with Crippen molar-refractivity contribution < 1.29 is 9.15 Å². The molecule has 7 aromatic rings. The molecule has 0 amide bonds. The number of hydrazone groups is 1. The zero-order chi connectivity index (χ0) is 28.2. The van der Waals surface area contributed by atoms with E-state index in [-0.39, 0.29) is 0 Å². The number of furan rings is 1. The van der Waals surface area contributed by atoms with E-state index in [1.165, 1.54) is 43.4 Å². The minimum atomic E-state index is 0.552. The van der Waals surface area contributed by atoms with Crippen molar-refractivity contribution in [2.24, 2.45) is 10.9 Å². The summed E-state index contributed by atoms with van der Waals surface area (Å²) >= 11 is 0. The zero-order valence-corrected chi connectivity index (χ0v) is 23.0. The third-order valence-corrected chi connectivity index (χ3v) is 8.22. The van der Waals surface area contributed by atoms with E-state index in [1.54, 1.807) is 7.11 Å². The van der Waals surface area contributed by atoms with Crippen LogP contribution in [0.2, 0.25) is 0 Å². The second-order valence-corrected chi connectivity index (χ2v) is 10.6. The summed E-state index contributed by atoms with van der Waals surface area (Å²) in [6.07, 6.45) is 2.83. The molecule has 202 valence electrons. The molecule has 0 unspecified atom stereocenters. The lowest BCUT2D eigenvalue weighted by atomic mass is 9.83. The van der Waals surface area contributed by atoms with Gasteiger partial charge in [0.15, 0.2) is 11.3 Å². The molecule has 5 heteroatoms. The van der Waals surface area contributed by atoms with Crippen LogP contribution in [0.1, 0.15) is 16.7 Å². The Morgan fingerprint density at radius 2 is 1.43 bits per heavy atom. The molecule has 2 N–H and O–H groups in total. The van der Waals surface area contributed by atoms with Crippen LogP contribution in [0.4, 0.5) is 5.69 Å². The molecule has 1 aliphatic rings. The molecule has 0 fully saturated rings. The van der Waals surface area contributed by atoms with Gasteiger partial charge < -0.3 is 9.15 Å². The van der Waals surface area contributed by atoms with Crippen molar-refractivity contribution >= 4 is 60.5 Å². The Hall–Kier alpha value is -5.39. The summed E-state index contributed by atoms with van der Waals surface area (Å²) in [6, 6.07) is 39.9. The number of allylic oxidation sites excluding steroid dienone is 1. The molecule has 0 atom stereocenters. The average molecular weight is 546 g/mol. The first kappa shape index (κ1) is 24.4. The van der Waals surface area contributed by atoms with E-state index in [9.17, 15) is 0 Å². The highest BCUT2D eigenvalue weighted by Crippen LogP contribution is 2.41. The van der Waals surface area contributed by atoms with Crippen LogP contribution in [0.3, 0.4) is 0 Å². The summed E-state index contributed by atoms with van der Waals surface area (Å²) < 4.78 is 12.0. The average Bonchev–Trinajstić information content (AvgIpc) is 3.42. The lowest BCUT2D eigenvalue weighted by molar-refractivity contribution is 0.412. The van der Waals surface area contributed by atoms with Crippen LogP contribution >= 0.6 is 0 Å². The molecule has 0 radical (unpaired) electrons. The van der Waals surface area contributed by atoms with E-state index in [1.807, 2.05) is 36.4 Å². The van der Waals surface area contributed by atoms with Crippen LogP contribution in [0.25, 0.3) is 49.1 Å². The van der Waals surface area contributed by atoms with Gasteiger partial charge in [-0.15, -0.1) is 0 Å². The number of methoxy groups -OCH3 is 1. The van der Waals surface area contributed by atoms with Gasteiger partial charge in [0.25, 0.3) is 0 Å². The van der Waals surface area contributed by atoms with Crippen LogP contribution in [0.15, 0.2) is 131 Å². The van der Waals surface area contributed by atoms with E-state index in [4.69, 9.17) is 20.1 Å². The van der Waals surface area contributed by atoms with Crippen LogP contribution in [-0.4, -0.2) is 12.8 Å². The van der Waals surface area contributed by atoms with Gasteiger partial charge in [-0.05, 0) is 74.1 Å². The van der Waals surface area contributed by atoms with Gasteiger partial charge >= 0.3 is 0 Å². The molecular formula is C37H27N3O2. The molecule has 0 spiro atoms. The molecule has 8 rings (SSSR count). The molecule has 0 saturated heterocycles. The maximum atomic E-state index is 6.65. The van der Waals surface area contributed by atoms with E-state index in [0.717, 1.165) is 27.6 Å². The predicted octanol–water partition coefficient (Wildman–Crippen LogP) is 8.63. The first-order chi connectivity index (χ1) is 20.7. The molecule has 1 aliphatic carbocycles. The third-order valence-electron chi connectivity index (χ3n) is 8.22. The van der Waals surface area contributed by atoms with Crippen molar-refractivity contribution in [1.29, 1.82) is 0 Å². The number of benzene rings is 6. The Morgan fingerprint density at radius 1 is 0.714 bits per heavy atom. The number of hydrogen-bond acceptors (Lipinski definition) is 5. The Morgan fingerprint density at radius 3 is 2.29 bits per heavy atom. The summed E-state index contributed by atoms with van der Waals surface area (Å²) in [7, 11) is 1.63. The van der Waals surface area contributed by atoms with Crippen LogP contribution < -0.4 is 15.7 Å². The highest BCUT2D eigenvalue weighted by Gasteiger charge is 2.22. The van der Waals surface area contributed by atoms with Crippen LogP contribution in [0.5, 0.6) is 5.75 Å². The first-order valence-electron chi connectivity index (χ1n) is 14.0. The van der Waals surface area contributed by atoms with Crippen molar-refractivity contribution in [3.63, 3.8) is 0 Å². The van der Waals surface area contributed by atoms with Gasteiger partial charge in [-0.2, -0.15) is 10.2 Å². The number of fused-ring (bicyclic) bond motifs is 7. The molecule has 0 aliphatic heterocycles. The van der Waals surface area contributed by atoms with E-state index >= 15 is 0 Å². The monoisotopic (exact) mass is 545 g/mol. The van der Waals surface area contributed by atoms with E-state index in [2.05, 4.69) is 84.9 Å². The number of nitrogens with zero attached hydrogens (tertiary/aromatic N) is 2. The highest BCUT2D eigenvalue weighted by atomic mass is 16.5. The number of anilines is 1. The number of rotatable bonds is 4. The number of ether oxygens (including phenoxy) is 1. The topological polar surface area (TPSA) is 64.0 Å². The van der Waals surface area contributed by atoms with Crippen molar-refractivity contribution in [2.45, 2.75) is 6.42 Å². The fourth-order valence-electron chi connectivity index (χ4n) is 6.32. The Bertz CT molecular complexity index is 2240. The van der Waals surface area contributed by atoms with Gasteiger partial charge in [-0.25, -0.2) is 5.84 Å². The predicted molar refractivity (Wildman–Crippen MR) is 173 cm³/mol. The van der Waals surface area contributed by atoms with Gasteiger partial charge in [0.2, 0.25) is 0 Å². The van der Waals surface area contributed by atoms with E-state index < -0.39 is 0 Å². The second kappa shape index (κ2) is 9.61. The summed E-state index contributed by atoms with van der Waals surface area (Å²) in [5, 5.41) is 13.2. The molecule has 6 aromatic carbocycles. The lowest BCUT2D eigenvalue weighted by Gasteiger charge is -2.23. The molecule has 0 saturated carbocycles. The first-order valence-corrected chi connectivity index (χ1v) is 14.0. The normalized spacial score (nSPS) is 14.0. The number of hydrogen-bond donors (Lipinski definition) is 1. The van der Waals surface area contributed by atoms with Crippen molar-refractivity contribution in [2.75, 3.05) is 12.2 Å². The molecule has 0 bridgehead atoms. The summed E-state index contributed by atoms with van der Waals surface area (Å²) in [5.74, 6) is 7.20. The molecule has 42 heavy (non-hydrogen) atoms. The van der Waals surface area contributed by atoms with Gasteiger partial charge in [0.1, 0.15) is 11.3 Å². The standard InChI is InChI=1S/C37H27N3O2/c1-41-37-34(19-18-31-30-16-8-9-17-35(30)42-36(31)37)40(38)39-25-20-23-10-2-5-13-27(23)33(22-25)32-21-24-11-3-4-12-26(24)28-14-6-7-15-29(28)32/h2-19,21-22H,20,38H2,1H3/b39-25+. The largest absolute Gasteiger partial charge is 0.491 e. The fourth-order valence-corrected chi connectivity index (χ4v) is 6.32. The lowest BCUT2D eigenvalue weighted by Crippen LogP contribution is -2.27. The Labute approximate surface area is 242 Å². The van der Waals surface area contributed by atoms with Gasteiger partial charge in [-0.3, -0.25) is 0 Å². The van der Waals surface area contributed by atoms with Gasteiger partial charge in [0, 0.05) is 17.2 Å². The third kappa shape index (κ3) is 3.79. The Kier molecular flexibility index (Phi) is 5.59. The van der Waals surface area contributed by atoms with Gasteiger partial charge in [-0.1, -0.05) is 91.0 Å². The van der Waals surface area contributed by atoms with E-state index in [0.29, 0.717) is 23.4 Å². The molecule has 1 aromatic heterocycles. The number of nitrogens with two attached hydrogens (primary N) is 1. The number of para-hydroxylation sites is 1. The quantitative estimate of drug-likeness (QED) is 0.137. The van der Waals surface area contributed by atoms with Gasteiger partial charge in [0.05, 0.1) is 12.8 Å². The summed E-state index contributed by atoms with van der Waals surface area (Å²) in [5.41, 5.74) is 7.66. The molecular weight excluding hydrogens is 518 g/mol. The van der Waals surface area contributed by atoms with Crippen molar-refractivity contribution in [3.8, 4) is 5.75 Å².